The Labute approximate surface area is 181 Å². The fourth-order valence-electron chi connectivity index (χ4n) is 3.22. The lowest BCUT2D eigenvalue weighted by Crippen LogP contribution is -2.16. The molecule has 3 N–H and O–H groups in total. The molecule has 1 amide bonds. The van der Waals surface area contributed by atoms with Crippen molar-refractivity contribution in [3.8, 4) is 0 Å². The van der Waals surface area contributed by atoms with E-state index in [0.29, 0.717) is 33.6 Å². The number of halogens is 1. The molecule has 0 atom stereocenters. The van der Waals surface area contributed by atoms with Crippen LogP contribution in [0.2, 0.25) is 0 Å². The minimum atomic E-state index is -3.97. The summed E-state index contributed by atoms with van der Waals surface area (Å²) in [6, 6.07) is 12.5. The highest BCUT2D eigenvalue weighted by Crippen LogP contribution is 2.28. The van der Waals surface area contributed by atoms with Crippen LogP contribution in [-0.2, 0) is 16.4 Å². The molecule has 0 unspecified atom stereocenters. The summed E-state index contributed by atoms with van der Waals surface area (Å²) in [7, 11) is -3.97. The maximum atomic E-state index is 14.0. The van der Waals surface area contributed by atoms with E-state index < -0.39 is 15.9 Å². The highest BCUT2D eigenvalue weighted by atomic mass is 32.2. The zero-order chi connectivity index (χ0) is 22.2. The van der Waals surface area contributed by atoms with Gasteiger partial charge in [-0.25, -0.2) is 22.9 Å². The highest BCUT2D eigenvalue weighted by molar-refractivity contribution is 7.89. The van der Waals surface area contributed by atoms with E-state index in [4.69, 9.17) is 5.14 Å². The molecule has 7 nitrogen and oxygen atoms in total. The van der Waals surface area contributed by atoms with Crippen molar-refractivity contribution in [3.05, 3.63) is 82.4 Å². The van der Waals surface area contributed by atoms with Crippen LogP contribution in [0.5, 0.6) is 0 Å². The van der Waals surface area contributed by atoms with Crippen molar-refractivity contribution in [3.63, 3.8) is 0 Å². The third-order valence-electron chi connectivity index (χ3n) is 4.71. The Balaban J connectivity index is 1.64. The van der Waals surface area contributed by atoms with Crippen LogP contribution >= 0.6 is 11.3 Å². The second-order valence-corrected chi connectivity index (χ2v) is 9.42. The third kappa shape index (κ3) is 4.31. The minimum absolute atomic E-state index is 0.0477. The molecule has 0 aliphatic heterocycles. The Morgan fingerprint density at radius 3 is 2.65 bits per heavy atom. The van der Waals surface area contributed by atoms with Gasteiger partial charge in [0.25, 0.3) is 5.91 Å². The number of sulfonamides is 1. The Morgan fingerprint density at radius 1 is 1.13 bits per heavy atom. The summed E-state index contributed by atoms with van der Waals surface area (Å²) in [5.41, 5.74) is 1.27. The van der Waals surface area contributed by atoms with Gasteiger partial charge in [-0.05, 0) is 30.7 Å². The first-order chi connectivity index (χ1) is 14.7. The van der Waals surface area contributed by atoms with Gasteiger partial charge in [-0.15, -0.1) is 11.3 Å². The van der Waals surface area contributed by atoms with Crippen molar-refractivity contribution in [2.75, 3.05) is 5.32 Å². The quantitative estimate of drug-likeness (QED) is 0.476. The molecule has 0 saturated heterocycles. The van der Waals surface area contributed by atoms with E-state index in [2.05, 4.69) is 15.3 Å². The molecular formula is C21H17FN4O3S2. The fraction of sp³-hybridized carbons (Fsp3) is 0.0952. The first-order valence-electron chi connectivity index (χ1n) is 9.15. The molecule has 31 heavy (non-hydrogen) atoms. The Bertz CT molecular complexity index is 1420. The van der Waals surface area contributed by atoms with Gasteiger partial charge in [-0.3, -0.25) is 15.1 Å². The van der Waals surface area contributed by atoms with E-state index in [0.717, 1.165) is 4.88 Å². The average Bonchev–Trinajstić information content (AvgIpc) is 3.06. The third-order valence-corrected chi connectivity index (χ3v) is 6.75. The van der Waals surface area contributed by atoms with Gasteiger partial charge in [0.2, 0.25) is 10.0 Å². The van der Waals surface area contributed by atoms with E-state index >= 15 is 0 Å². The number of rotatable bonds is 5. The summed E-state index contributed by atoms with van der Waals surface area (Å²) >= 11 is 1.25. The molecule has 0 spiro atoms. The van der Waals surface area contributed by atoms with Gasteiger partial charge in [0, 0.05) is 28.3 Å². The van der Waals surface area contributed by atoms with Crippen molar-refractivity contribution in [2.24, 2.45) is 5.14 Å². The topological polar surface area (TPSA) is 115 Å². The van der Waals surface area contributed by atoms with Crippen LogP contribution in [0.25, 0.3) is 10.8 Å². The van der Waals surface area contributed by atoms with Crippen LogP contribution in [0.1, 0.15) is 26.6 Å². The fourth-order valence-corrected chi connectivity index (χ4v) is 4.96. The Hall–Kier alpha value is -3.21. The summed E-state index contributed by atoms with van der Waals surface area (Å²) in [5.74, 6) is -0.838. The van der Waals surface area contributed by atoms with E-state index in [1.807, 2.05) is 0 Å². The van der Waals surface area contributed by atoms with E-state index in [-0.39, 0.29) is 16.4 Å². The molecule has 0 fully saturated rings. The monoisotopic (exact) mass is 456 g/mol. The summed E-state index contributed by atoms with van der Waals surface area (Å²) in [6.45, 7) is 1.79. The standard InChI is InChI=1S/C21H17FN4O3S2/c1-12-17(11-13-5-2-3-7-16(13)22)30-21(25-12)26-20(27)19-15-6-4-8-18(31(23,28)29)14(15)9-10-24-19/h2-10H,11H2,1H3,(H2,23,28,29)(H,25,26,27). The molecule has 158 valence electrons. The van der Waals surface area contributed by atoms with Gasteiger partial charge < -0.3 is 0 Å². The second-order valence-electron chi connectivity index (χ2n) is 6.81. The van der Waals surface area contributed by atoms with E-state index in [1.54, 1.807) is 31.2 Å². The molecule has 10 heteroatoms. The van der Waals surface area contributed by atoms with Gasteiger partial charge in [0.05, 0.1) is 10.6 Å². The number of nitrogens with one attached hydrogen (secondary N) is 1. The number of thiazole rings is 1. The number of fused-ring (bicyclic) bond motifs is 1. The molecule has 0 radical (unpaired) electrons. The zero-order valence-corrected chi connectivity index (χ0v) is 17.9. The van der Waals surface area contributed by atoms with Crippen LogP contribution in [-0.4, -0.2) is 24.3 Å². The number of hydrogen-bond acceptors (Lipinski definition) is 6. The predicted molar refractivity (Wildman–Crippen MR) is 117 cm³/mol. The normalized spacial score (nSPS) is 11.6. The molecule has 0 aliphatic rings. The van der Waals surface area contributed by atoms with Gasteiger partial charge in [-0.2, -0.15) is 0 Å². The lowest BCUT2D eigenvalue weighted by molar-refractivity contribution is 0.102. The molecule has 2 heterocycles. The van der Waals surface area contributed by atoms with Crippen molar-refractivity contribution >= 4 is 43.2 Å². The molecule has 4 rings (SSSR count). The van der Waals surface area contributed by atoms with Crippen LogP contribution in [0.4, 0.5) is 9.52 Å². The molecule has 2 aromatic carbocycles. The summed E-state index contributed by atoms with van der Waals surface area (Å²) in [4.78, 5) is 22.1. The number of amides is 1. The van der Waals surface area contributed by atoms with Gasteiger partial charge >= 0.3 is 0 Å². The number of hydrogen-bond donors (Lipinski definition) is 2. The summed E-state index contributed by atoms with van der Waals surface area (Å²) < 4.78 is 37.7. The van der Waals surface area contributed by atoms with Crippen LogP contribution in [0.3, 0.4) is 0 Å². The number of aromatic nitrogens is 2. The van der Waals surface area contributed by atoms with Gasteiger partial charge in [-0.1, -0.05) is 30.3 Å². The zero-order valence-electron chi connectivity index (χ0n) is 16.3. The summed E-state index contributed by atoms with van der Waals surface area (Å²) in [5, 5.41) is 8.99. The lowest BCUT2D eigenvalue weighted by Gasteiger charge is -2.08. The molecule has 0 bridgehead atoms. The maximum Gasteiger partial charge on any atom is 0.276 e. The van der Waals surface area contributed by atoms with E-state index in [9.17, 15) is 17.6 Å². The molecule has 0 aliphatic carbocycles. The van der Waals surface area contributed by atoms with Crippen LogP contribution < -0.4 is 10.5 Å². The number of carbonyl (C=O) groups is 1. The smallest absolute Gasteiger partial charge is 0.276 e. The van der Waals surface area contributed by atoms with Crippen molar-refractivity contribution < 1.29 is 17.6 Å². The van der Waals surface area contributed by atoms with Gasteiger partial charge in [0.15, 0.2) is 5.13 Å². The van der Waals surface area contributed by atoms with Crippen molar-refractivity contribution in [1.29, 1.82) is 0 Å². The first-order valence-corrected chi connectivity index (χ1v) is 11.5. The van der Waals surface area contributed by atoms with Gasteiger partial charge in [0.1, 0.15) is 11.5 Å². The number of primary sulfonamides is 1. The number of benzene rings is 2. The predicted octanol–water partition coefficient (Wildman–Crippen LogP) is 3.63. The number of pyridine rings is 1. The Morgan fingerprint density at radius 2 is 1.90 bits per heavy atom. The number of carbonyl (C=O) groups excluding carboxylic acids is 1. The SMILES string of the molecule is Cc1nc(NC(=O)c2nccc3c(S(N)(=O)=O)cccc23)sc1Cc1ccccc1F. The largest absolute Gasteiger partial charge is 0.296 e. The average molecular weight is 457 g/mol. The second kappa shape index (κ2) is 8.14. The number of aryl methyl sites for hydroxylation is 1. The first kappa shape index (κ1) is 21.0. The molecular weight excluding hydrogens is 439 g/mol. The number of nitrogens with two attached hydrogens (primary N) is 1. The molecule has 2 aromatic heterocycles. The van der Waals surface area contributed by atoms with Crippen LogP contribution in [0.15, 0.2) is 59.6 Å². The Kier molecular flexibility index (Phi) is 5.52. The van der Waals surface area contributed by atoms with Crippen molar-refractivity contribution in [1.82, 2.24) is 9.97 Å². The maximum absolute atomic E-state index is 14.0. The van der Waals surface area contributed by atoms with Crippen molar-refractivity contribution in [2.45, 2.75) is 18.2 Å². The molecule has 0 saturated carbocycles. The van der Waals surface area contributed by atoms with E-state index in [1.165, 1.54) is 41.8 Å². The minimum Gasteiger partial charge on any atom is -0.296 e. The highest BCUT2D eigenvalue weighted by Gasteiger charge is 2.19. The lowest BCUT2D eigenvalue weighted by atomic mass is 10.1. The number of anilines is 1. The number of nitrogens with zero attached hydrogens (tertiary/aromatic N) is 2. The summed E-state index contributed by atoms with van der Waals surface area (Å²) in [6.07, 6.45) is 1.71. The molecule has 4 aromatic rings. The van der Waals surface area contributed by atoms with Crippen LogP contribution in [0, 0.1) is 12.7 Å².